The fraction of sp³-hybridized carbons (Fsp3) is 0.333. The molecule has 160 valence electrons. The number of hydrogen-bond donors (Lipinski definition) is 2. The summed E-state index contributed by atoms with van der Waals surface area (Å²) in [5.41, 5.74) is 1.59. The Morgan fingerprint density at radius 3 is 2.63 bits per heavy atom. The summed E-state index contributed by atoms with van der Waals surface area (Å²) in [7, 11) is -3.52. The Bertz CT molecular complexity index is 1170. The molecule has 0 aliphatic rings. The number of fused-ring (bicyclic) bond motifs is 1. The minimum absolute atomic E-state index is 0.0846. The molecule has 0 aliphatic carbocycles. The summed E-state index contributed by atoms with van der Waals surface area (Å²) in [5, 5.41) is 11.6. The van der Waals surface area contributed by atoms with Gasteiger partial charge in [-0.2, -0.15) is 5.10 Å². The fourth-order valence-electron chi connectivity index (χ4n) is 3.12. The molecule has 1 amide bonds. The number of nitrogens with zero attached hydrogens (tertiary/aromatic N) is 2. The van der Waals surface area contributed by atoms with Crippen LogP contribution in [0.3, 0.4) is 0 Å². The summed E-state index contributed by atoms with van der Waals surface area (Å²) < 4.78 is 26.4. The molecular weight excluding hydrogens is 424 g/mol. The molecule has 2 N–H and O–H groups in total. The smallest absolute Gasteiger partial charge is 0.228 e. The minimum atomic E-state index is -3.52. The zero-order chi connectivity index (χ0) is 21.9. The molecule has 1 heterocycles. The summed E-state index contributed by atoms with van der Waals surface area (Å²) in [6.45, 7) is 5.42. The second-order valence-electron chi connectivity index (χ2n) is 7.50. The van der Waals surface area contributed by atoms with Gasteiger partial charge in [0.1, 0.15) is 0 Å². The van der Waals surface area contributed by atoms with E-state index in [1.165, 1.54) is 6.07 Å². The largest absolute Gasteiger partial charge is 0.326 e. The van der Waals surface area contributed by atoms with E-state index in [1.54, 1.807) is 35.1 Å². The van der Waals surface area contributed by atoms with Gasteiger partial charge >= 0.3 is 0 Å². The lowest BCUT2D eigenvalue weighted by Crippen LogP contribution is -2.26. The summed E-state index contributed by atoms with van der Waals surface area (Å²) in [4.78, 5) is 12.6. The Labute approximate surface area is 181 Å². The van der Waals surface area contributed by atoms with Gasteiger partial charge in [-0.3, -0.25) is 9.48 Å². The Balaban J connectivity index is 1.87. The molecule has 0 spiro atoms. The molecule has 0 radical (unpaired) electrons. The number of rotatable bonds is 8. The number of carbonyl (C=O) groups excluding carboxylic acids is 1. The maximum absolute atomic E-state index is 12.5. The van der Waals surface area contributed by atoms with Gasteiger partial charge in [0.05, 0.1) is 23.4 Å². The van der Waals surface area contributed by atoms with Crippen molar-refractivity contribution in [1.82, 2.24) is 15.1 Å². The van der Waals surface area contributed by atoms with Crippen LogP contribution in [0.5, 0.6) is 0 Å². The molecule has 1 aromatic heterocycles. The molecular formula is C21H25ClN4O3S. The minimum Gasteiger partial charge on any atom is -0.326 e. The number of aromatic nitrogens is 2. The molecule has 2 aromatic carbocycles. The molecule has 0 fully saturated rings. The van der Waals surface area contributed by atoms with Crippen LogP contribution >= 0.6 is 11.6 Å². The summed E-state index contributed by atoms with van der Waals surface area (Å²) in [5.74, 6) is -0.289. The zero-order valence-electron chi connectivity index (χ0n) is 17.1. The van der Waals surface area contributed by atoms with Crippen LogP contribution < -0.4 is 10.6 Å². The van der Waals surface area contributed by atoms with Crippen molar-refractivity contribution in [3.63, 3.8) is 0 Å². The quantitative estimate of drug-likeness (QED) is 0.551. The third kappa shape index (κ3) is 5.59. The Kier molecular flexibility index (Phi) is 6.80. The fourth-order valence-corrected chi connectivity index (χ4v) is 4.22. The average Bonchev–Trinajstić information content (AvgIpc) is 3.04. The van der Waals surface area contributed by atoms with Crippen LogP contribution in [-0.2, 0) is 27.6 Å². The molecule has 0 atom stereocenters. The van der Waals surface area contributed by atoms with Crippen LogP contribution in [0.15, 0.2) is 47.5 Å². The van der Waals surface area contributed by atoms with Crippen molar-refractivity contribution in [2.45, 2.75) is 37.8 Å². The lowest BCUT2D eigenvalue weighted by Gasteiger charge is -2.09. The number of amides is 1. The molecule has 9 heteroatoms. The Morgan fingerprint density at radius 2 is 1.97 bits per heavy atom. The Hall–Kier alpha value is -2.42. The van der Waals surface area contributed by atoms with E-state index in [0.29, 0.717) is 46.3 Å². The molecule has 3 aromatic rings. The van der Waals surface area contributed by atoms with E-state index in [-0.39, 0.29) is 17.2 Å². The van der Waals surface area contributed by atoms with Gasteiger partial charge in [0.25, 0.3) is 0 Å². The highest BCUT2D eigenvalue weighted by Crippen LogP contribution is 2.27. The molecule has 0 bridgehead atoms. The third-order valence-electron chi connectivity index (χ3n) is 4.52. The number of halogens is 1. The molecule has 3 rings (SSSR count). The number of benzene rings is 2. The van der Waals surface area contributed by atoms with Gasteiger partial charge in [0.15, 0.2) is 9.84 Å². The van der Waals surface area contributed by atoms with Gasteiger partial charge in [0, 0.05) is 41.1 Å². The third-order valence-corrected chi connectivity index (χ3v) is 6.03. The monoisotopic (exact) mass is 448 g/mol. The van der Waals surface area contributed by atoms with Crippen molar-refractivity contribution >= 4 is 43.9 Å². The van der Waals surface area contributed by atoms with Crippen molar-refractivity contribution in [2.24, 2.45) is 0 Å². The topological polar surface area (TPSA) is 93.1 Å². The van der Waals surface area contributed by atoms with Crippen molar-refractivity contribution in [3.05, 3.63) is 53.2 Å². The molecule has 7 nitrogen and oxygen atoms in total. The van der Waals surface area contributed by atoms with Crippen molar-refractivity contribution < 1.29 is 13.2 Å². The van der Waals surface area contributed by atoms with Crippen LogP contribution in [0, 0.1) is 0 Å². The first-order valence-corrected chi connectivity index (χ1v) is 11.9. The molecule has 0 aliphatic heterocycles. The highest BCUT2D eigenvalue weighted by molar-refractivity contribution is 7.91. The summed E-state index contributed by atoms with van der Waals surface area (Å²) in [6, 6.07) is 10.6. The van der Waals surface area contributed by atoms with Gasteiger partial charge < -0.3 is 10.6 Å². The normalized spacial score (nSPS) is 11.9. The van der Waals surface area contributed by atoms with Gasteiger partial charge in [-0.05, 0) is 23.8 Å². The maximum Gasteiger partial charge on any atom is 0.228 e. The molecule has 0 unspecified atom stereocenters. The first kappa shape index (κ1) is 22.3. The van der Waals surface area contributed by atoms with Gasteiger partial charge in [-0.15, -0.1) is 0 Å². The van der Waals surface area contributed by atoms with E-state index >= 15 is 0 Å². The average molecular weight is 449 g/mol. The standard InChI is InChI=1S/C21H25ClN4O3S/c1-14(2)23-8-9-26-13-17-19(25-26)11-16(12-20(17)30(3,28)29)24-21(27)10-15-6-4-5-7-18(15)22/h4-7,11-14,23H,8-10H2,1-3H3,(H,24,27). The predicted molar refractivity (Wildman–Crippen MR) is 120 cm³/mol. The van der Waals surface area contributed by atoms with Gasteiger partial charge in [-0.1, -0.05) is 43.6 Å². The Morgan fingerprint density at radius 1 is 1.23 bits per heavy atom. The molecule has 0 saturated carbocycles. The van der Waals surface area contributed by atoms with Crippen LogP contribution in [0.1, 0.15) is 19.4 Å². The van der Waals surface area contributed by atoms with Crippen molar-refractivity contribution in [3.8, 4) is 0 Å². The van der Waals surface area contributed by atoms with Crippen LogP contribution in [0.25, 0.3) is 10.9 Å². The van der Waals surface area contributed by atoms with E-state index in [0.717, 1.165) is 6.26 Å². The molecule has 30 heavy (non-hydrogen) atoms. The highest BCUT2D eigenvalue weighted by atomic mass is 35.5. The van der Waals surface area contributed by atoms with E-state index in [1.807, 2.05) is 6.07 Å². The number of nitrogens with one attached hydrogen (secondary N) is 2. The number of anilines is 1. The van der Waals surface area contributed by atoms with Crippen molar-refractivity contribution in [1.29, 1.82) is 0 Å². The van der Waals surface area contributed by atoms with E-state index in [9.17, 15) is 13.2 Å². The van der Waals surface area contributed by atoms with Gasteiger partial charge in [-0.25, -0.2) is 8.42 Å². The SMILES string of the molecule is CC(C)NCCn1cc2c(S(C)(=O)=O)cc(NC(=O)Cc3ccccc3Cl)cc2n1. The summed E-state index contributed by atoms with van der Waals surface area (Å²) >= 11 is 6.12. The first-order valence-electron chi connectivity index (χ1n) is 9.61. The van der Waals surface area contributed by atoms with E-state index in [4.69, 9.17) is 11.6 Å². The predicted octanol–water partition coefficient (Wildman–Crippen LogP) is 3.27. The lowest BCUT2D eigenvalue weighted by molar-refractivity contribution is -0.115. The maximum atomic E-state index is 12.5. The van der Waals surface area contributed by atoms with Crippen LogP contribution in [-0.4, -0.2) is 42.9 Å². The number of carbonyl (C=O) groups is 1. The first-order chi connectivity index (χ1) is 14.1. The highest BCUT2D eigenvalue weighted by Gasteiger charge is 2.18. The summed E-state index contributed by atoms with van der Waals surface area (Å²) in [6.07, 6.45) is 2.96. The van der Waals surface area contributed by atoms with Crippen LogP contribution in [0.4, 0.5) is 5.69 Å². The molecule has 0 saturated heterocycles. The van der Waals surface area contributed by atoms with Gasteiger partial charge in [0.2, 0.25) is 5.91 Å². The van der Waals surface area contributed by atoms with E-state index < -0.39 is 9.84 Å². The second kappa shape index (κ2) is 9.16. The van der Waals surface area contributed by atoms with E-state index in [2.05, 4.69) is 29.6 Å². The second-order valence-corrected chi connectivity index (χ2v) is 9.89. The van der Waals surface area contributed by atoms with Crippen LogP contribution in [0.2, 0.25) is 5.02 Å². The lowest BCUT2D eigenvalue weighted by atomic mass is 10.1. The number of hydrogen-bond acceptors (Lipinski definition) is 5. The number of sulfone groups is 1. The van der Waals surface area contributed by atoms with Crippen molar-refractivity contribution in [2.75, 3.05) is 18.1 Å². The zero-order valence-corrected chi connectivity index (χ0v) is 18.7.